The van der Waals surface area contributed by atoms with Gasteiger partial charge in [-0.3, -0.25) is 4.98 Å². The molecule has 2 rings (SSSR count). The summed E-state index contributed by atoms with van der Waals surface area (Å²) in [7, 11) is 0. The van der Waals surface area contributed by atoms with Crippen molar-refractivity contribution in [3.63, 3.8) is 0 Å². The molecule has 0 unspecified atom stereocenters. The van der Waals surface area contributed by atoms with Crippen LogP contribution in [0.2, 0.25) is 0 Å². The fourth-order valence-electron chi connectivity index (χ4n) is 2.16. The van der Waals surface area contributed by atoms with Crippen LogP contribution in [0.15, 0.2) is 54.9 Å². The highest BCUT2D eigenvalue weighted by Gasteiger charge is 2.14. The minimum absolute atomic E-state index is 0.0322. The number of thioether (sulfide) groups is 1. The predicted molar refractivity (Wildman–Crippen MR) is 99.3 cm³/mol. The lowest BCUT2D eigenvalue weighted by Crippen LogP contribution is -2.38. The van der Waals surface area contributed by atoms with Gasteiger partial charge in [0.05, 0.1) is 6.04 Å². The van der Waals surface area contributed by atoms with Crippen molar-refractivity contribution in [3.05, 3.63) is 66.0 Å². The Morgan fingerprint density at radius 3 is 2.50 bits per heavy atom. The summed E-state index contributed by atoms with van der Waals surface area (Å²) in [4.78, 5) is 4.09. The largest absolute Gasteiger partial charge is 0.363 e. The van der Waals surface area contributed by atoms with Gasteiger partial charge in [-0.25, -0.2) is 0 Å². The molecule has 0 saturated carbocycles. The molecule has 0 bridgehead atoms. The van der Waals surface area contributed by atoms with Crippen LogP contribution in [-0.4, -0.2) is 28.6 Å². The maximum Gasteiger partial charge on any atom is 0.167 e. The zero-order valence-corrected chi connectivity index (χ0v) is 14.3. The quantitative estimate of drug-likeness (QED) is 0.601. The minimum Gasteiger partial charge on any atom is -0.363 e. The van der Waals surface area contributed by atoms with Crippen molar-refractivity contribution in [3.8, 4) is 0 Å². The molecule has 0 fully saturated rings. The Bertz CT molecular complexity index is 521. The van der Waals surface area contributed by atoms with Gasteiger partial charge >= 0.3 is 0 Å². The van der Waals surface area contributed by atoms with Crippen LogP contribution in [0.25, 0.3) is 0 Å². The van der Waals surface area contributed by atoms with E-state index in [2.05, 4.69) is 34.0 Å². The third-order valence-electron chi connectivity index (χ3n) is 3.26. The second-order valence-electron chi connectivity index (χ2n) is 4.87. The number of nitrogens with one attached hydrogen (secondary N) is 2. The van der Waals surface area contributed by atoms with Crippen LogP contribution in [0.1, 0.15) is 23.6 Å². The standard InChI is InChI=1S/C17H21N3S2/c1-22-13-5-10-19-17(21)20-16(14-6-3-2-4-7-14)15-8-11-18-12-9-15/h2-4,6-9,11-12,16H,5,10,13H2,1H3,(H2,19,20,21)/t16-/m1/s1. The number of benzene rings is 1. The van der Waals surface area contributed by atoms with E-state index in [0.29, 0.717) is 5.11 Å². The molecule has 0 spiro atoms. The third-order valence-corrected chi connectivity index (χ3v) is 4.22. The molecule has 0 aliphatic heterocycles. The van der Waals surface area contributed by atoms with E-state index < -0.39 is 0 Å². The van der Waals surface area contributed by atoms with E-state index in [4.69, 9.17) is 12.2 Å². The average Bonchev–Trinajstić information content (AvgIpc) is 2.58. The van der Waals surface area contributed by atoms with Crippen LogP contribution in [0, 0.1) is 0 Å². The Labute approximate surface area is 141 Å². The van der Waals surface area contributed by atoms with Gasteiger partial charge < -0.3 is 10.6 Å². The summed E-state index contributed by atoms with van der Waals surface area (Å²) in [5.74, 6) is 1.14. The van der Waals surface area contributed by atoms with E-state index in [9.17, 15) is 0 Å². The summed E-state index contributed by atoms with van der Waals surface area (Å²) in [5, 5.41) is 7.38. The van der Waals surface area contributed by atoms with Gasteiger partial charge in [-0.1, -0.05) is 30.3 Å². The molecule has 22 heavy (non-hydrogen) atoms. The van der Waals surface area contributed by atoms with Gasteiger partial charge in [0.2, 0.25) is 0 Å². The highest BCUT2D eigenvalue weighted by molar-refractivity contribution is 7.98. The molecule has 1 aromatic heterocycles. The predicted octanol–water partition coefficient (Wildman–Crippen LogP) is 3.39. The van der Waals surface area contributed by atoms with E-state index in [1.807, 2.05) is 54.5 Å². The monoisotopic (exact) mass is 331 g/mol. The van der Waals surface area contributed by atoms with Gasteiger partial charge in [0.1, 0.15) is 0 Å². The maximum atomic E-state index is 5.44. The third kappa shape index (κ3) is 5.31. The lowest BCUT2D eigenvalue weighted by molar-refractivity contribution is 0.729. The number of rotatable bonds is 7. The Morgan fingerprint density at radius 1 is 1.14 bits per heavy atom. The number of hydrogen-bond donors (Lipinski definition) is 2. The van der Waals surface area contributed by atoms with Crippen molar-refractivity contribution in [1.29, 1.82) is 0 Å². The van der Waals surface area contributed by atoms with Crippen molar-refractivity contribution in [2.24, 2.45) is 0 Å². The molecule has 1 aromatic carbocycles. The molecular formula is C17H21N3S2. The SMILES string of the molecule is CSCCCNC(=S)N[C@H](c1ccccc1)c1ccncc1. The lowest BCUT2D eigenvalue weighted by Gasteiger charge is -2.21. The summed E-state index contributed by atoms with van der Waals surface area (Å²) in [6.07, 6.45) is 6.84. The normalized spacial score (nSPS) is 11.7. The van der Waals surface area contributed by atoms with Crippen molar-refractivity contribution in [1.82, 2.24) is 15.6 Å². The van der Waals surface area contributed by atoms with Crippen LogP contribution in [0.4, 0.5) is 0 Å². The molecule has 2 aromatic rings. The molecule has 0 aliphatic rings. The number of nitrogens with zero attached hydrogens (tertiary/aromatic N) is 1. The first-order valence-electron chi connectivity index (χ1n) is 7.29. The van der Waals surface area contributed by atoms with Crippen LogP contribution in [0.5, 0.6) is 0 Å². The zero-order chi connectivity index (χ0) is 15.6. The first kappa shape index (κ1) is 16.8. The van der Waals surface area contributed by atoms with Crippen molar-refractivity contribution in [2.45, 2.75) is 12.5 Å². The fourth-order valence-corrected chi connectivity index (χ4v) is 2.81. The Kier molecular flexibility index (Phi) is 7.19. The molecule has 0 saturated heterocycles. The van der Waals surface area contributed by atoms with Gasteiger partial charge in [0.25, 0.3) is 0 Å². The van der Waals surface area contributed by atoms with Crippen molar-refractivity contribution >= 4 is 29.1 Å². The molecule has 1 atom stereocenters. The molecule has 0 amide bonds. The van der Waals surface area contributed by atoms with E-state index in [0.717, 1.165) is 24.3 Å². The number of aromatic nitrogens is 1. The number of hydrogen-bond acceptors (Lipinski definition) is 3. The Morgan fingerprint density at radius 2 is 1.82 bits per heavy atom. The summed E-state index contributed by atoms with van der Waals surface area (Å²) in [5.41, 5.74) is 2.33. The van der Waals surface area contributed by atoms with Crippen molar-refractivity contribution < 1.29 is 0 Å². The molecule has 0 aliphatic carbocycles. The minimum atomic E-state index is 0.0322. The molecule has 116 valence electrons. The van der Waals surface area contributed by atoms with Crippen molar-refractivity contribution in [2.75, 3.05) is 18.6 Å². The highest BCUT2D eigenvalue weighted by atomic mass is 32.2. The lowest BCUT2D eigenvalue weighted by atomic mass is 10.00. The maximum absolute atomic E-state index is 5.44. The second-order valence-corrected chi connectivity index (χ2v) is 6.26. The van der Waals surface area contributed by atoms with E-state index >= 15 is 0 Å². The number of thiocarbonyl (C=S) groups is 1. The first-order chi connectivity index (χ1) is 10.8. The fraction of sp³-hybridized carbons (Fsp3) is 0.294. The summed E-state index contributed by atoms with van der Waals surface area (Å²) >= 11 is 7.29. The smallest absolute Gasteiger partial charge is 0.167 e. The van der Waals surface area contributed by atoms with Gasteiger partial charge in [0.15, 0.2) is 5.11 Å². The molecule has 3 nitrogen and oxygen atoms in total. The van der Waals surface area contributed by atoms with Gasteiger partial charge in [0, 0.05) is 18.9 Å². The Balaban J connectivity index is 2.04. The molecular weight excluding hydrogens is 310 g/mol. The summed E-state index contributed by atoms with van der Waals surface area (Å²) < 4.78 is 0. The van der Waals surface area contributed by atoms with Gasteiger partial charge in [-0.2, -0.15) is 11.8 Å². The van der Waals surface area contributed by atoms with Crippen LogP contribution in [0.3, 0.4) is 0 Å². The topological polar surface area (TPSA) is 37.0 Å². The van der Waals surface area contributed by atoms with E-state index in [1.54, 1.807) is 0 Å². The van der Waals surface area contributed by atoms with E-state index in [1.165, 1.54) is 5.56 Å². The van der Waals surface area contributed by atoms with Crippen LogP contribution >= 0.6 is 24.0 Å². The average molecular weight is 332 g/mol. The van der Waals surface area contributed by atoms with Gasteiger partial charge in [-0.15, -0.1) is 0 Å². The van der Waals surface area contributed by atoms with Gasteiger partial charge in [-0.05, 0) is 53.9 Å². The zero-order valence-electron chi connectivity index (χ0n) is 12.7. The summed E-state index contributed by atoms with van der Waals surface area (Å²) in [6, 6.07) is 14.4. The molecule has 0 radical (unpaired) electrons. The van der Waals surface area contributed by atoms with Crippen LogP contribution < -0.4 is 10.6 Å². The first-order valence-corrected chi connectivity index (χ1v) is 9.09. The summed E-state index contributed by atoms with van der Waals surface area (Å²) in [6.45, 7) is 0.893. The van der Waals surface area contributed by atoms with Crippen LogP contribution in [-0.2, 0) is 0 Å². The number of pyridine rings is 1. The molecule has 5 heteroatoms. The Hall–Kier alpha value is -1.59. The second kappa shape index (κ2) is 9.43. The highest BCUT2D eigenvalue weighted by Crippen LogP contribution is 2.21. The molecule has 2 N–H and O–H groups in total. The molecule has 1 heterocycles. The van der Waals surface area contributed by atoms with E-state index in [-0.39, 0.29) is 6.04 Å².